The van der Waals surface area contributed by atoms with Gasteiger partial charge in [-0.2, -0.15) is 9.89 Å². The molecule has 0 radical (unpaired) electrons. The van der Waals surface area contributed by atoms with Crippen molar-refractivity contribution in [2.75, 3.05) is 11.9 Å². The van der Waals surface area contributed by atoms with Gasteiger partial charge in [-0.25, -0.2) is 16.1 Å². The van der Waals surface area contributed by atoms with Gasteiger partial charge in [0, 0.05) is 23.5 Å². The lowest BCUT2D eigenvalue weighted by atomic mass is 10.1. The predicted octanol–water partition coefficient (Wildman–Crippen LogP) is 3.99. The van der Waals surface area contributed by atoms with Gasteiger partial charge >= 0.3 is 12.0 Å². The van der Waals surface area contributed by atoms with Crippen molar-refractivity contribution >= 4 is 23.2 Å². The van der Waals surface area contributed by atoms with Gasteiger partial charge in [0.2, 0.25) is 0 Å². The largest absolute Gasteiger partial charge is 0.602 e. The Labute approximate surface area is 196 Å². The van der Waals surface area contributed by atoms with Gasteiger partial charge in [-0.05, 0) is 51.1 Å². The maximum absolute atomic E-state index is 12.5. The topological polar surface area (TPSA) is 93.8 Å². The van der Waals surface area contributed by atoms with E-state index < -0.39 is 11.7 Å². The quantitative estimate of drug-likeness (QED) is 0.371. The summed E-state index contributed by atoms with van der Waals surface area (Å²) < 4.78 is 8.52. The molecule has 1 amide bonds. The van der Waals surface area contributed by atoms with Crippen molar-refractivity contribution in [2.24, 2.45) is 0 Å². The van der Waals surface area contributed by atoms with E-state index in [9.17, 15) is 9.59 Å². The van der Waals surface area contributed by atoms with Crippen LogP contribution in [-0.4, -0.2) is 38.7 Å². The number of anilines is 1. The van der Waals surface area contributed by atoms with E-state index in [0.717, 1.165) is 16.6 Å². The summed E-state index contributed by atoms with van der Waals surface area (Å²) in [6.45, 7) is 12.1. The predicted molar refractivity (Wildman–Crippen MR) is 126 cm³/mol. The first-order valence-electron chi connectivity index (χ1n) is 10.6. The molecule has 0 spiro atoms. The molecule has 0 saturated carbocycles. The standard InChI is InChI=1S/C25H22N6O3/c1-25(2,3)34-24(33)30-11-6-7-17(16-30)20-8-5-9-21(29-20)19-14-27-31-12-10-18(13-22(19)31)28-23(32)15-26-4/h5-14,16H,15H2,1-3H3/p+1. The molecule has 0 unspecified atom stereocenters. The molecule has 4 rings (SSSR count). The number of carbonyl (C=O) groups is 2. The van der Waals surface area contributed by atoms with E-state index in [1.165, 1.54) is 4.57 Å². The summed E-state index contributed by atoms with van der Waals surface area (Å²) in [6.07, 6.45) is 6.29. The highest BCUT2D eigenvalue weighted by Gasteiger charge is 2.25. The molecule has 0 bridgehead atoms. The highest BCUT2D eigenvalue weighted by Crippen LogP contribution is 2.27. The Morgan fingerprint density at radius 1 is 1.18 bits per heavy atom. The van der Waals surface area contributed by atoms with Gasteiger partial charge in [0.1, 0.15) is 5.60 Å². The second-order valence-electron chi connectivity index (χ2n) is 8.56. The van der Waals surface area contributed by atoms with E-state index in [1.54, 1.807) is 47.5 Å². The minimum atomic E-state index is -0.601. The van der Waals surface area contributed by atoms with Gasteiger partial charge in [0.05, 0.1) is 28.7 Å². The van der Waals surface area contributed by atoms with Crippen molar-refractivity contribution in [2.45, 2.75) is 26.4 Å². The van der Waals surface area contributed by atoms with Gasteiger partial charge in [0.25, 0.3) is 6.54 Å². The first-order valence-corrected chi connectivity index (χ1v) is 10.6. The first kappa shape index (κ1) is 22.6. The number of amides is 1. The number of nitrogens with one attached hydrogen (secondary N) is 1. The maximum atomic E-state index is 12.5. The smallest absolute Gasteiger partial charge is 0.406 e. The number of ether oxygens (including phenoxy) is 1. The number of rotatable bonds is 4. The zero-order chi connectivity index (χ0) is 24.3. The number of nitrogens with zero attached hydrogens (tertiary/aromatic N) is 5. The second kappa shape index (κ2) is 9.11. The van der Waals surface area contributed by atoms with Gasteiger partial charge in [-0.15, -0.1) is 0 Å². The second-order valence-corrected chi connectivity index (χ2v) is 8.56. The van der Waals surface area contributed by atoms with Gasteiger partial charge in [0.15, 0.2) is 12.4 Å². The van der Waals surface area contributed by atoms with Crippen molar-refractivity contribution < 1.29 is 18.9 Å². The van der Waals surface area contributed by atoms with Crippen LogP contribution >= 0.6 is 0 Å². The molecule has 0 aliphatic rings. The van der Waals surface area contributed by atoms with Crippen molar-refractivity contribution in [3.63, 3.8) is 0 Å². The van der Waals surface area contributed by atoms with Crippen molar-refractivity contribution in [1.29, 1.82) is 0 Å². The molecule has 9 heteroatoms. The Balaban J connectivity index is 1.67. The number of hydrogen-bond acceptors (Lipinski definition) is 5. The lowest BCUT2D eigenvalue weighted by Crippen LogP contribution is -2.46. The average molecular weight is 455 g/mol. The molecule has 0 aliphatic carbocycles. The van der Waals surface area contributed by atoms with Crippen LogP contribution in [0.15, 0.2) is 67.3 Å². The lowest BCUT2D eigenvalue weighted by molar-refractivity contribution is -0.587. The summed E-state index contributed by atoms with van der Waals surface area (Å²) in [6, 6.07) is 12.8. The van der Waals surface area contributed by atoms with E-state index in [-0.39, 0.29) is 12.5 Å². The normalized spacial score (nSPS) is 11.1. The van der Waals surface area contributed by atoms with Crippen molar-refractivity contribution in [3.8, 4) is 22.5 Å². The molecule has 4 aromatic rings. The van der Waals surface area contributed by atoms with Crippen LogP contribution in [0.2, 0.25) is 0 Å². The average Bonchev–Trinajstić information content (AvgIpc) is 3.21. The number of hydrogen-bond donors (Lipinski definition) is 1. The first-order chi connectivity index (χ1) is 16.2. The fourth-order valence-corrected chi connectivity index (χ4v) is 3.33. The summed E-state index contributed by atoms with van der Waals surface area (Å²) in [7, 11) is 0. The molecule has 4 aromatic heterocycles. The molecule has 0 saturated heterocycles. The van der Waals surface area contributed by atoms with Crippen LogP contribution in [0.1, 0.15) is 20.8 Å². The monoisotopic (exact) mass is 455 g/mol. The molecule has 0 fully saturated rings. The SMILES string of the molecule is [C-]#[N+]CC(=O)Nc1ccn2ncc(-c3cccc(-c4ccc[n+](C(=O)OC(C)(C)C)c4)n3)c2c1. The molecule has 170 valence electrons. The van der Waals surface area contributed by atoms with Crippen LogP contribution in [0.4, 0.5) is 10.5 Å². The lowest BCUT2D eigenvalue weighted by Gasteiger charge is -2.15. The Morgan fingerprint density at radius 3 is 2.74 bits per heavy atom. The molecule has 0 aromatic carbocycles. The fraction of sp³-hybridized carbons (Fsp3) is 0.200. The third kappa shape index (κ3) is 5.07. The van der Waals surface area contributed by atoms with E-state index in [2.05, 4.69) is 15.3 Å². The van der Waals surface area contributed by atoms with Crippen LogP contribution in [0.5, 0.6) is 0 Å². The Morgan fingerprint density at radius 2 is 1.97 bits per heavy atom. The third-order valence-electron chi connectivity index (χ3n) is 4.75. The van der Waals surface area contributed by atoms with Crippen LogP contribution in [0.25, 0.3) is 32.9 Å². The van der Waals surface area contributed by atoms with Crippen molar-refractivity contribution in [1.82, 2.24) is 14.6 Å². The number of carbonyl (C=O) groups excluding carboxylic acids is 2. The summed E-state index contributed by atoms with van der Waals surface area (Å²) in [4.78, 5) is 32.1. The summed E-state index contributed by atoms with van der Waals surface area (Å²) in [5.41, 5.74) is 3.61. The highest BCUT2D eigenvalue weighted by atomic mass is 16.6. The number of fused-ring (bicyclic) bond motifs is 1. The maximum Gasteiger partial charge on any atom is 0.602 e. The van der Waals surface area contributed by atoms with Gasteiger partial charge in [-0.1, -0.05) is 10.6 Å². The van der Waals surface area contributed by atoms with Crippen LogP contribution < -0.4 is 9.88 Å². The molecular weight excluding hydrogens is 432 g/mol. The zero-order valence-corrected chi connectivity index (χ0v) is 19.0. The van der Waals surface area contributed by atoms with E-state index >= 15 is 0 Å². The Hall–Kier alpha value is -4.58. The van der Waals surface area contributed by atoms with Gasteiger partial charge < -0.3 is 14.9 Å². The number of pyridine rings is 3. The zero-order valence-electron chi connectivity index (χ0n) is 19.0. The molecule has 4 heterocycles. The van der Waals surface area contributed by atoms with E-state index in [0.29, 0.717) is 17.1 Å². The van der Waals surface area contributed by atoms with Crippen LogP contribution in [0, 0.1) is 6.57 Å². The van der Waals surface area contributed by atoms with Crippen LogP contribution in [0.3, 0.4) is 0 Å². The fourth-order valence-electron chi connectivity index (χ4n) is 3.33. The summed E-state index contributed by atoms with van der Waals surface area (Å²) in [5.74, 6) is -0.372. The Bertz CT molecular complexity index is 1430. The summed E-state index contributed by atoms with van der Waals surface area (Å²) >= 11 is 0. The highest BCUT2D eigenvalue weighted by molar-refractivity contribution is 5.94. The Kier molecular flexibility index (Phi) is 6.06. The molecule has 34 heavy (non-hydrogen) atoms. The minimum Gasteiger partial charge on any atom is -0.406 e. The van der Waals surface area contributed by atoms with Crippen LogP contribution in [-0.2, 0) is 9.53 Å². The molecular formula is C25H23N6O3+. The molecule has 9 nitrogen and oxygen atoms in total. The number of aromatic nitrogens is 4. The molecule has 0 atom stereocenters. The van der Waals surface area contributed by atoms with E-state index in [4.69, 9.17) is 16.3 Å². The van der Waals surface area contributed by atoms with Crippen molar-refractivity contribution in [3.05, 3.63) is 78.7 Å². The summed E-state index contributed by atoms with van der Waals surface area (Å²) in [5, 5.41) is 7.09. The third-order valence-corrected chi connectivity index (χ3v) is 4.75. The minimum absolute atomic E-state index is 0.235. The molecule has 1 N–H and O–H groups in total. The van der Waals surface area contributed by atoms with E-state index in [1.807, 2.05) is 45.0 Å². The molecule has 0 aliphatic heterocycles. The van der Waals surface area contributed by atoms with Gasteiger partial charge in [-0.3, -0.25) is 4.79 Å².